The molecule has 88 valence electrons. The third kappa shape index (κ3) is 8.29. The van der Waals surface area contributed by atoms with Crippen molar-refractivity contribution in [3.05, 3.63) is 12.2 Å². The second-order valence-corrected chi connectivity index (χ2v) is 3.58. The van der Waals surface area contributed by atoms with E-state index in [9.17, 15) is 9.36 Å². The lowest BCUT2D eigenvalue weighted by Gasteiger charge is -2.07. The first-order chi connectivity index (χ1) is 7.02. The number of carbonyl (C=O) groups excluding carboxylic acids is 1. The van der Waals surface area contributed by atoms with Crippen LogP contribution >= 0.6 is 7.82 Å². The lowest BCUT2D eigenvalue weighted by molar-refractivity contribution is -0.266. The van der Waals surface area contributed by atoms with Crippen LogP contribution in [0.4, 0.5) is 0 Å². The summed E-state index contributed by atoms with van der Waals surface area (Å²) in [5, 5.41) is 0. The molecule has 1 N–H and O–H groups in total. The number of rotatable bonds is 7. The van der Waals surface area contributed by atoms with Gasteiger partial charge in [0.2, 0.25) is 0 Å². The van der Waals surface area contributed by atoms with Crippen molar-refractivity contribution in [2.75, 3.05) is 6.61 Å². The van der Waals surface area contributed by atoms with E-state index in [2.05, 4.69) is 19.1 Å². The van der Waals surface area contributed by atoms with Crippen molar-refractivity contribution in [1.29, 1.82) is 0 Å². The van der Waals surface area contributed by atoms with Crippen LogP contribution < -0.4 is 0 Å². The first-order valence-electron chi connectivity index (χ1n) is 4.18. The summed E-state index contributed by atoms with van der Waals surface area (Å²) >= 11 is 0. The molecule has 0 fully saturated rings. The molecule has 8 heteroatoms. The van der Waals surface area contributed by atoms with Crippen molar-refractivity contribution in [1.82, 2.24) is 0 Å². The van der Waals surface area contributed by atoms with Gasteiger partial charge in [0.1, 0.15) is 0 Å². The van der Waals surface area contributed by atoms with Gasteiger partial charge in [-0.1, -0.05) is 17.7 Å². The Morgan fingerprint density at radius 3 is 2.67 bits per heavy atom. The minimum atomic E-state index is -4.50. The third-order valence-electron chi connectivity index (χ3n) is 0.951. The summed E-state index contributed by atoms with van der Waals surface area (Å²) in [5.74, 6) is -0.925. The van der Waals surface area contributed by atoms with Gasteiger partial charge in [-0.3, -0.25) is 9.78 Å². The van der Waals surface area contributed by atoms with Gasteiger partial charge in [0.05, 0.1) is 6.61 Å². The fourth-order valence-corrected chi connectivity index (χ4v) is 0.848. The number of hydrogen-bond donors (Lipinski definition) is 1. The molecule has 15 heavy (non-hydrogen) atoms. The zero-order valence-electron chi connectivity index (χ0n) is 8.41. The molecule has 0 aromatic rings. The molecular weight excluding hydrogens is 227 g/mol. The number of allylic oxidation sites excluding steroid dienone is 1. The molecule has 1 atom stereocenters. The smallest absolute Gasteiger partial charge is 0.299 e. The van der Waals surface area contributed by atoms with Gasteiger partial charge in [0.25, 0.3) is 0 Å². The minimum absolute atomic E-state index is 0.122. The van der Waals surface area contributed by atoms with Gasteiger partial charge >= 0.3 is 13.8 Å². The summed E-state index contributed by atoms with van der Waals surface area (Å²) in [6.45, 7) is 3.47. The standard InChI is InChI=1S/C7H13O7P/c1-3-5-7(8)12-14-15(9,10)13-11-6-4-2/h3,5H,4,6H2,1-2H3,(H,9,10). The third-order valence-corrected chi connectivity index (χ3v) is 1.51. The average Bonchev–Trinajstić information content (AvgIpc) is 2.16. The Labute approximate surface area is 87.1 Å². The molecule has 0 radical (unpaired) electrons. The van der Waals surface area contributed by atoms with Crippen LogP contribution in [-0.4, -0.2) is 17.5 Å². The van der Waals surface area contributed by atoms with Crippen molar-refractivity contribution >= 4 is 13.8 Å². The van der Waals surface area contributed by atoms with Crippen LogP contribution in [0.5, 0.6) is 0 Å². The van der Waals surface area contributed by atoms with Crippen LogP contribution in [0, 0.1) is 0 Å². The summed E-state index contributed by atoms with van der Waals surface area (Å²) < 4.78 is 18.7. The molecule has 1 unspecified atom stereocenters. The van der Waals surface area contributed by atoms with Gasteiger partial charge in [-0.25, -0.2) is 14.2 Å². The fourth-order valence-electron chi connectivity index (χ4n) is 0.447. The van der Waals surface area contributed by atoms with Crippen molar-refractivity contribution in [2.45, 2.75) is 20.3 Å². The summed E-state index contributed by atoms with van der Waals surface area (Å²) in [4.78, 5) is 27.7. The predicted molar refractivity (Wildman–Crippen MR) is 49.1 cm³/mol. The highest BCUT2D eigenvalue weighted by Gasteiger charge is 2.26. The van der Waals surface area contributed by atoms with Crippen LogP contribution in [-0.2, 0) is 28.5 Å². The van der Waals surface area contributed by atoms with Crippen LogP contribution in [0.15, 0.2) is 12.2 Å². The van der Waals surface area contributed by atoms with E-state index in [0.29, 0.717) is 6.42 Å². The van der Waals surface area contributed by atoms with Crippen molar-refractivity contribution in [2.24, 2.45) is 0 Å². The quantitative estimate of drug-likeness (QED) is 0.237. The summed E-state index contributed by atoms with van der Waals surface area (Å²) in [5.41, 5.74) is 0. The molecule has 0 bridgehead atoms. The Hall–Kier alpha value is -0.720. The first kappa shape index (κ1) is 14.3. The lowest BCUT2D eigenvalue weighted by atomic mass is 10.5. The van der Waals surface area contributed by atoms with Crippen molar-refractivity contribution < 1.29 is 33.4 Å². The molecule has 7 nitrogen and oxygen atoms in total. The molecule has 0 saturated heterocycles. The molecule has 0 heterocycles. The van der Waals surface area contributed by atoms with E-state index in [-0.39, 0.29) is 6.61 Å². The molecular formula is C7H13O7P. The van der Waals surface area contributed by atoms with E-state index in [1.54, 1.807) is 13.8 Å². The molecule has 0 aliphatic carbocycles. The number of hydrogen-bond acceptors (Lipinski definition) is 6. The van der Waals surface area contributed by atoms with Gasteiger partial charge in [-0.2, -0.15) is 0 Å². The van der Waals surface area contributed by atoms with E-state index in [1.165, 1.54) is 6.08 Å². The maximum atomic E-state index is 10.9. The maximum absolute atomic E-state index is 10.9. The second-order valence-electron chi connectivity index (χ2n) is 2.34. The Bertz CT molecular complexity index is 262. The van der Waals surface area contributed by atoms with Crippen molar-refractivity contribution in [3.63, 3.8) is 0 Å². The maximum Gasteiger partial charge on any atom is 0.535 e. The summed E-state index contributed by atoms with van der Waals surface area (Å²) in [6.07, 6.45) is 2.98. The van der Waals surface area contributed by atoms with Gasteiger partial charge < -0.3 is 0 Å². The Morgan fingerprint density at radius 1 is 1.47 bits per heavy atom. The normalized spacial score (nSPS) is 15.1. The topological polar surface area (TPSA) is 91.3 Å². The molecule has 0 aromatic carbocycles. The van der Waals surface area contributed by atoms with Crippen LogP contribution in [0.3, 0.4) is 0 Å². The summed E-state index contributed by atoms with van der Waals surface area (Å²) in [7, 11) is -4.50. The highest BCUT2D eigenvalue weighted by Crippen LogP contribution is 2.43. The van der Waals surface area contributed by atoms with Crippen LogP contribution in [0.1, 0.15) is 20.3 Å². The molecule has 0 aromatic heterocycles. The van der Waals surface area contributed by atoms with E-state index < -0.39 is 13.8 Å². The Morgan fingerprint density at radius 2 is 2.13 bits per heavy atom. The largest absolute Gasteiger partial charge is 0.535 e. The van der Waals surface area contributed by atoms with E-state index in [4.69, 9.17) is 4.89 Å². The van der Waals surface area contributed by atoms with E-state index in [1.807, 2.05) is 0 Å². The fraction of sp³-hybridized carbons (Fsp3) is 0.571. The zero-order valence-corrected chi connectivity index (χ0v) is 9.31. The molecule has 0 spiro atoms. The highest BCUT2D eigenvalue weighted by molar-refractivity contribution is 7.47. The predicted octanol–water partition coefficient (Wildman–Crippen LogP) is 1.50. The van der Waals surface area contributed by atoms with Gasteiger partial charge in [-0.05, 0) is 13.3 Å². The Kier molecular flexibility index (Phi) is 7.19. The monoisotopic (exact) mass is 240 g/mol. The zero-order chi connectivity index (χ0) is 11.7. The van der Waals surface area contributed by atoms with E-state index >= 15 is 0 Å². The lowest BCUT2D eigenvalue weighted by Crippen LogP contribution is -2.03. The van der Waals surface area contributed by atoms with Crippen LogP contribution in [0.2, 0.25) is 0 Å². The van der Waals surface area contributed by atoms with E-state index in [0.717, 1.165) is 6.08 Å². The van der Waals surface area contributed by atoms with Gasteiger partial charge in [0, 0.05) is 6.08 Å². The second kappa shape index (κ2) is 7.56. The molecule has 0 saturated carbocycles. The number of phosphoric acid groups is 1. The van der Waals surface area contributed by atoms with Gasteiger partial charge in [0.15, 0.2) is 0 Å². The van der Waals surface area contributed by atoms with Crippen LogP contribution in [0.25, 0.3) is 0 Å². The average molecular weight is 240 g/mol. The Balaban J connectivity index is 3.83. The molecule has 0 aliphatic heterocycles. The van der Waals surface area contributed by atoms with Gasteiger partial charge in [-0.15, -0.1) is 4.67 Å². The highest BCUT2D eigenvalue weighted by atomic mass is 31.2. The minimum Gasteiger partial charge on any atom is -0.299 e. The molecule has 0 amide bonds. The SMILES string of the molecule is CC=CC(=O)OOP(=O)(O)OOCCC. The number of carbonyl (C=O) groups is 1. The van der Waals surface area contributed by atoms with Crippen molar-refractivity contribution in [3.8, 4) is 0 Å². The summed E-state index contributed by atoms with van der Waals surface area (Å²) in [6, 6.07) is 0. The molecule has 0 rings (SSSR count). The molecule has 0 aliphatic rings. The first-order valence-corrected chi connectivity index (χ1v) is 5.68.